The number of thioether (sulfide) groups is 2. The van der Waals surface area contributed by atoms with E-state index in [4.69, 9.17) is 0 Å². The molecule has 0 unspecified atom stereocenters. The van der Waals surface area contributed by atoms with Crippen molar-refractivity contribution in [3.63, 3.8) is 0 Å². The molecule has 1 rings (SSSR count). The van der Waals surface area contributed by atoms with Gasteiger partial charge in [0.15, 0.2) is 5.78 Å². The summed E-state index contributed by atoms with van der Waals surface area (Å²) in [6.07, 6.45) is -4.60. The molecule has 0 spiro atoms. The molecule has 1 aliphatic heterocycles. The second kappa shape index (κ2) is 4.61. The summed E-state index contributed by atoms with van der Waals surface area (Å²) < 4.78 is 37.7. The van der Waals surface area contributed by atoms with Gasteiger partial charge < -0.3 is 0 Å². The summed E-state index contributed by atoms with van der Waals surface area (Å²) in [6, 6.07) is 0. The molecular weight excluding hydrogens is 233 g/mol. The summed E-state index contributed by atoms with van der Waals surface area (Å²) in [7, 11) is 0. The van der Waals surface area contributed by atoms with Crippen molar-refractivity contribution < 1.29 is 18.0 Å². The lowest BCUT2D eigenvalue weighted by molar-refractivity contribution is -0.128. The highest BCUT2D eigenvalue weighted by Crippen LogP contribution is 2.44. The molecule has 6 heteroatoms. The molecule has 1 aliphatic rings. The number of alkyl halides is 3. The normalized spacial score (nSPS) is 17.3. The quantitative estimate of drug-likeness (QED) is 0.692. The third kappa shape index (κ3) is 2.70. The second-order valence-corrected chi connectivity index (χ2v) is 5.10. The Morgan fingerprint density at radius 1 is 1.36 bits per heavy atom. The maximum absolute atomic E-state index is 12.5. The fourth-order valence-corrected chi connectivity index (χ4v) is 3.64. The monoisotopic (exact) mass is 242 g/mol. The number of carbonyl (C=O) groups excluding carboxylic acids is 1. The van der Waals surface area contributed by atoms with E-state index in [1.54, 1.807) is 0 Å². The molecule has 0 aromatic rings. The topological polar surface area (TPSA) is 17.1 Å². The van der Waals surface area contributed by atoms with Gasteiger partial charge in [-0.3, -0.25) is 4.79 Å². The first kappa shape index (κ1) is 12.0. The first-order valence-corrected chi connectivity index (χ1v) is 6.04. The van der Waals surface area contributed by atoms with Crippen LogP contribution in [0.15, 0.2) is 9.81 Å². The largest absolute Gasteiger partial charge is 0.421 e. The zero-order valence-corrected chi connectivity index (χ0v) is 9.11. The standard InChI is InChI=1S/C8H9F3OS2/c1-2-5(12)6(8(9,10)11)7-13-3-4-14-7/h2-4H2,1H3. The zero-order chi connectivity index (χ0) is 10.8. The van der Waals surface area contributed by atoms with Crippen LogP contribution >= 0.6 is 23.5 Å². The van der Waals surface area contributed by atoms with E-state index in [1.165, 1.54) is 6.92 Å². The summed E-state index contributed by atoms with van der Waals surface area (Å²) in [6.45, 7) is 1.44. The van der Waals surface area contributed by atoms with Crippen molar-refractivity contribution in [2.75, 3.05) is 11.5 Å². The van der Waals surface area contributed by atoms with Gasteiger partial charge in [-0.1, -0.05) is 6.92 Å². The Balaban J connectivity index is 3.04. The van der Waals surface area contributed by atoms with Gasteiger partial charge in [-0.05, 0) is 0 Å². The molecule has 0 bridgehead atoms. The van der Waals surface area contributed by atoms with Crippen LogP contribution in [0, 0.1) is 0 Å². The summed E-state index contributed by atoms with van der Waals surface area (Å²) in [5.41, 5.74) is -0.951. The summed E-state index contributed by atoms with van der Waals surface area (Å²) in [5.74, 6) is 0.488. The van der Waals surface area contributed by atoms with E-state index in [0.29, 0.717) is 11.5 Å². The highest BCUT2D eigenvalue weighted by Gasteiger charge is 2.41. The van der Waals surface area contributed by atoms with Crippen LogP contribution in [0.1, 0.15) is 13.3 Å². The smallest absolute Gasteiger partial charge is 0.294 e. The Hall–Kier alpha value is -0.100. The van der Waals surface area contributed by atoms with Crippen molar-refractivity contribution in [1.82, 2.24) is 0 Å². The lowest BCUT2D eigenvalue weighted by atomic mass is 10.1. The Kier molecular flexibility index (Phi) is 3.94. The predicted molar refractivity (Wildman–Crippen MR) is 53.3 cm³/mol. The fourth-order valence-electron chi connectivity index (χ4n) is 1.02. The van der Waals surface area contributed by atoms with Crippen molar-refractivity contribution in [3.05, 3.63) is 9.81 Å². The van der Waals surface area contributed by atoms with Gasteiger partial charge in [-0.15, -0.1) is 23.5 Å². The van der Waals surface area contributed by atoms with Crippen molar-refractivity contribution in [3.8, 4) is 0 Å². The van der Waals surface area contributed by atoms with E-state index in [0.717, 1.165) is 23.5 Å². The lowest BCUT2D eigenvalue weighted by Crippen LogP contribution is -2.20. The zero-order valence-electron chi connectivity index (χ0n) is 7.48. The Morgan fingerprint density at radius 2 is 1.86 bits per heavy atom. The molecule has 1 saturated heterocycles. The Morgan fingerprint density at radius 3 is 2.21 bits per heavy atom. The minimum absolute atomic E-state index is 0.0978. The third-order valence-electron chi connectivity index (χ3n) is 1.64. The highest BCUT2D eigenvalue weighted by atomic mass is 32.2. The molecule has 0 aliphatic carbocycles. The van der Waals surface area contributed by atoms with Crippen LogP contribution in [0.3, 0.4) is 0 Å². The van der Waals surface area contributed by atoms with E-state index in [1.807, 2.05) is 0 Å². The van der Waals surface area contributed by atoms with Crippen LogP contribution in [-0.4, -0.2) is 23.5 Å². The third-order valence-corrected chi connectivity index (χ3v) is 4.35. The fraction of sp³-hybridized carbons (Fsp3) is 0.625. The number of Topliss-reactive ketones (excluding diaryl/α,β-unsaturated/α-hetero) is 1. The van der Waals surface area contributed by atoms with E-state index >= 15 is 0 Å². The summed E-state index contributed by atoms with van der Waals surface area (Å²) in [4.78, 5) is 11.1. The molecular formula is C8H9F3OS2. The molecule has 0 saturated carbocycles. The molecule has 80 valence electrons. The van der Waals surface area contributed by atoms with Gasteiger partial charge >= 0.3 is 6.18 Å². The minimum Gasteiger partial charge on any atom is -0.294 e. The first-order valence-electron chi connectivity index (χ1n) is 4.07. The van der Waals surface area contributed by atoms with E-state index in [2.05, 4.69) is 0 Å². The van der Waals surface area contributed by atoms with Crippen LogP contribution < -0.4 is 0 Å². The van der Waals surface area contributed by atoms with Gasteiger partial charge in [0, 0.05) is 17.9 Å². The van der Waals surface area contributed by atoms with Crippen molar-refractivity contribution in [2.24, 2.45) is 0 Å². The summed E-state index contributed by atoms with van der Waals surface area (Å²) in [5, 5.41) is 0. The molecule has 0 radical (unpaired) electrons. The number of halogens is 3. The molecule has 14 heavy (non-hydrogen) atoms. The summed E-state index contributed by atoms with van der Waals surface area (Å²) >= 11 is 2.25. The number of ketones is 1. The number of allylic oxidation sites excluding steroid dienone is 1. The van der Waals surface area contributed by atoms with E-state index < -0.39 is 17.5 Å². The van der Waals surface area contributed by atoms with Gasteiger partial charge in [0.1, 0.15) is 5.57 Å². The first-order chi connectivity index (χ1) is 6.46. The molecule has 0 amide bonds. The van der Waals surface area contributed by atoms with Gasteiger partial charge in [0.25, 0.3) is 0 Å². The van der Waals surface area contributed by atoms with Gasteiger partial charge in [0.05, 0.1) is 4.24 Å². The number of hydrogen-bond donors (Lipinski definition) is 0. The minimum atomic E-state index is -4.51. The average Bonchev–Trinajstić information content (AvgIpc) is 2.54. The molecule has 0 aromatic carbocycles. The van der Waals surface area contributed by atoms with Crippen LogP contribution in [-0.2, 0) is 4.79 Å². The van der Waals surface area contributed by atoms with Gasteiger partial charge in [-0.25, -0.2) is 0 Å². The molecule has 1 fully saturated rings. The highest BCUT2D eigenvalue weighted by molar-refractivity contribution is 8.25. The van der Waals surface area contributed by atoms with Gasteiger partial charge in [-0.2, -0.15) is 13.2 Å². The molecule has 0 aromatic heterocycles. The second-order valence-electron chi connectivity index (χ2n) is 2.63. The number of hydrogen-bond acceptors (Lipinski definition) is 3. The Labute approximate surface area is 88.5 Å². The maximum atomic E-state index is 12.5. The Bertz CT molecular complexity index is 262. The molecule has 0 N–H and O–H groups in total. The molecule has 0 atom stereocenters. The van der Waals surface area contributed by atoms with E-state index in [9.17, 15) is 18.0 Å². The van der Waals surface area contributed by atoms with Crippen molar-refractivity contribution >= 4 is 29.3 Å². The predicted octanol–water partition coefficient (Wildman–Crippen LogP) is 3.22. The molecule has 1 heterocycles. The number of rotatable bonds is 2. The molecule has 1 nitrogen and oxygen atoms in total. The van der Waals surface area contributed by atoms with Gasteiger partial charge in [0.2, 0.25) is 0 Å². The average molecular weight is 242 g/mol. The number of carbonyl (C=O) groups is 1. The van der Waals surface area contributed by atoms with E-state index in [-0.39, 0.29) is 10.7 Å². The van der Waals surface area contributed by atoms with Crippen LogP contribution in [0.5, 0.6) is 0 Å². The van der Waals surface area contributed by atoms with Crippen LogP contribution in [0.25, 0.3) is 0 Å². The van der Waals surface area contributed by atoms with Crippen LogP contribution in [0.4, 0.5) is 13.2 Å². The maximum Gasteiger partial charge on any atom is 0.421 e. The van der Waals surface area contributed by atoms with Crippen molar-refractivity contribution in [1.29, 1.82) is 0 Å². The van der Waals surface area contributed by atoms with Crippen molar-refractivity contribution in [2.45, 2.75) is 19.5 Å². The van der Waals surface area contributed by atoms with Crippen LogP contribution in [0.2, 0.25) is 0 Å². The lowest BCUT2D eigenvalue weighted by Gasteiger charge is -2.11. The SMILES string of the molecule is CCC(=O)C(=C1SCCS1)C(F)(F)F.